The molecule has 168 valence electrons. The van der Waals surface area contributed by atoms with Gasteiger partial charge in [-0.25, -0.2) is 9.97 Å². The van der Waals surface area contributed by atoms with E-state index in [1.165, 1.54) is 0 Å². The molecule has 3 heteroatoms. The predicted molar refractivity (Wildman–Crippen MR) is 149 cm³/mol. The Balaban J connectivity index is 1.29. The summed E-state index contributed by atoms with van der Waals surface area (Å²) in [6.07, 6.45) is 1.84. The Morgan fingerprint density at radius 1 is 0.417 bits per heavy atom. The lowest BCUT2D eigenvalue weighted by atomic mass is 10.0. The van der Waals surface area contributed by atoms with Gasteiger partial charge in [-0.05, 0) is 47.5 Å². The van der Waals surface area contributed by atoms with Crippen LogP contribution in [-0.2, 0) is 0 Å². The van der Waals surface area contributed by atoms with Crippen LogP contribution in [0.5, 0.6) is 0 Å². The first-order chi connectivity index (χ1) is 17.8. The molecule has 0 aliphatic heterocycles. The zero-order chi connectivity index (χ0) is 23.9. The Morgan fingerprint density at radius 3 is 2.11 bits per heavy atom. The number of rotatable bonds is 3. The molecule has 0 saturated heterocycles. The molecule has 0 spiro atoms. The van der Waals surface area contributed by atoms with Crippen molar-refractivity contribution in [3.63, 3.8) is 0 Å². The van der Waals surface area contributed by atoms with Gasteiger partial charge in [-0.2, -0.15) is 0 Å². The van der Waals surface area contributed by atoms with Gasteiger partial charge in [0.15, 0.2) is 0 Å². The summed E-state index contributed by atoms with van der Waals surface area (Å²) in [7, 11) is 0. The van der Waals surface area contributed by atoms with E-state index in [2.05, 4.69) is 102 Å². The monoisotopic (exact) mass is 459 g/mol. The average Bonchev–Trinajstić information content (AvgIpc) is 2.96. The molecule has 0 saturated carbocycles. The maximum absolute atomic E-state index is 5.04. The maximum Gasteiger partial charge on any atom is 0.0795 e. The highest BCUT2D eigenvalue weighted by Crippen LogP contribution is 2.31. The third-order valence-electron chi connectivity index (χ3n) is 6.69. The second kappa shape index (κ2) is 8.40. The first kappa shape index (κ1) is 20.5. The van der Waals surface area contributed by atoms with Crippen LogP contribution in [0.3, 0.4) is 0 Å². The van der Waals surface area contributed by atoms with Gasteiger partial charge in [-0.1, -0.05) is 84.9 Å². The minimum Gasteiger partial charge on any atom is -0.256 e. The minimum atomic E-state index is 0.931. The fourth-order valence-electron chi connectivity index (χ4n) is 4.83. The third-order valence-corrected chi connectivity index (χ3v) is 6.69. The van der Waals surface area contributed by atoms with Crippen LogP contribution in [0.15, 0.2) is 128 Å². The highest BCUT2D eigenvalue weighted by atomic mass is 14.7. The van der Waals surface area contributed by atoms with E-state index in [9.17, 15) is 0 Å². The van der Waals surface area contributed by atoms with E-state index < -0.39 is 0 Å². The number of para-hydroxylation sites is 1. The first-order valence-corrected chi connectivity index (χ1v) is 12.0. The van der Waals surface area contributed by atoms with E-state index in [0.29, 0.717) is 0 Å². The molecule has 7 aromatic rings. The molecule has 3 nitrogen and oxygen atoms in total. The Hall–Kier alpha value is -4.89. The molecule has 3 heterocycles. The van der Waals surface area contributed by atoms with Crippen LogP contribution in [0.25, 0.3) is 66.4 Å². The zero-order valence-electron chi connectivity index (χ0n) is 19.5. The van der Waals surface area contributed by atoms with Crippen molar-refractivity contribution >= 4 is 32.7 Å². The highest BCUT2D eigenvalue weighted by molar-refractivity contribution is 5.95. The molecule has 0 aliphatic rings. The summed E-state index contributed by atoms with van der Waals surface area (Å²) in [6, 6.07) is 42.0. The van der Waals surface area contributed by atoms with Gasteiger partial charge in [0.2, 0.25) is 0 Å². The van der Waals surface area contributed by atoms with Crippen LogP contribution in [0.4, 0.5) is 0 Å². The molecule has 0 radical (unpaired) electrons. The lowest BCUT2D eigenvalue weighted by Crippen LogP contribution is -1.90. The molecule has 0 N–H and O–H groups in total. The van der Waals surface area contributed by atoms with Crippen LogP contribution >= 0.6 is 0 Å². The first-order valence-electron chi connectivity index (χ1n) is 12.0. The quantitative estimate of drug-likeness (QED) is 0.267. The summed E-state index contributed by atoms with van der Waals surface area (Å²) in [5, 5.41) is 3.35. The van der Waals surface area contributed by atoms with E-state index in [0.717, 1.165) is 66.4 Å². The van der Waals surface area contributed by atoms with Crippen LogP contribution in [0, 0.1) is 0 Å². The standard InChI is InChI=1S/C33H21N3/c1-2-6-22(7-3-1)29-17-15-27-20-25(14-16-30(27)35-29)26-12-11-23-13-18-31(36-32(23)21-26)28-10-4-8-24-9-5-19-34-33(24)28/h1-21H. The van der Waals surface area contributed by atoms with Crippen LogP contribution < -0.4 is 0 Å². The van der Waals surface area contributed by atoms with E-state index >= 15 is 0 Å². The molecular formula is C33H21N3. The van der Waals surface area contributed by atoms with Gasteiger partial charge in [0.1, 0.15) is 0 Å². The summed E-state index contributed by atoms with van der Waals surface area (Å²) < 4.78 is 0. The largest absolute Gasteiger partial charge is 0.256 e. The molecular weight excluding hydrogens is 438 g/mol. The topological polar surface area (TPSA) is 38.7 Å². The number of hydrogen-bond acceptors (Lipinski definition) is 3. The Morgan fingerprint density at radius 2 is 1.17 bits per heavy atom. The molecule has 0 bridgehead atoms. The van der Waals surface area contributed by atoms with Crippen molar-refractivity contribution in [3.8, 4) is 33.6 Å². The Labute approximate surface area is 208 Å². The fourth-order valence-corrected chi connectivity index (χ4v) is 4.83. The summed E-state index contributed by atoms with van der Waals surface area (Å²) in [6.45, 7) is 0. The van der Waals surface area contributed by atoms with E-state index in [-0.39, 0.29) is 0 Å². The van der Waals surface area contributed by atoms with Crippen LogP contribution in [-0.4, -0.2) is 15.0 Å². The van der Waals surface area contributed by atoms with Gasteiger partial charge >= 0.3 is 0 Å². The minimum absolute atomic E-state index is 0.931. The summed E-state index contributed by atoms with van der Waals surface area (Å²) in [5.74, 6) is 0. The molecule has 0 atom stereocenters. The number of nitrogens with zero attached hydrogens (tertiary/aromatic N) is 3. The van der Waals surface area contributed by atoms with Gasteiger partial charge in [-0.15, -0.1) is 0 Å². The van der Waals surface area contributed by atoms with E-state index in [1.54, 1.807) is 0 Å². The Bertz CT molecular complexity index is 1890. The maximum atomic E-state index is 5.04. The molecule has 36 heavy (non-hydrogen) atoms. The van der Waals surface area contributed by atoms with Crippen molar-refractivity contribution in [2.24, 2.45) is 0 Å². The molecule has 4 aromatic carbocycles. The second-order valence-corrected chi connectivity index (χ2v) is 8.95. The lowest BCUT2D eigenvalue weighted by molar-refractivity contribution is 1.37. The number of benzene rings is 4. The lowest BCUT2D eigenvalue weighted by Gasteiger charge is -2.09. The fraction of sp³-hybridized carbons (Fsp3) is 0. The van der Waals surface area contributed by atoms with Gasteiger partial charge in [0.25, 0.3) is 0 Å². The molecule has 0 aliphatic carbocycles. The SMILES string of the molecule is c1ccc(-c2ccc3cc(-c4ccc5ccc(-c6cccc7cccnc67)nc5c4)ccc3n2)cc1. The van der Waals surface area contributed by atoms with Crippen molar-refractivity contribution in [2.45, 2.75) is 0 Å². The number of pyridine rings is 3. The van der Waals surface area contributed by atoms with Crippen molar-refractivity contribution in [2.75, 3.05) is 0 Å². The zero-order valence-corrected chi connectivity index (χ0v) is 19.5. The number of fused-ring (bicyclic) bond motifs is 3. The summed E-state index contributed by atoms with van der Waals surface area (Å²) >= 11 is 0. The van der Waals surface area contributed by atoms with Crippen LogP contribution in [0.2, 0.25) is 0 Å². The van der Waals surface area contributed by atoms with Gasteiger partial charge in [0, 0.05) is 33.5 Å². The van der Waals surface area contributed by atoms with Gasteiger partial charge in [-0.3, -0.25) is 4.98 Å². The smallest absolute Gasteiger partial charge is 0.0795 e. The normalized spacial score (nSPS) is 11.3. The molecule has 3 aromatic heterocycles. The summed E-state index contributed by atoms with van der Waals surface area (Å²) in [4.78, 5) is 14.5. The molecule has 0 unspecified atom stereocenters. The molecule has 7 rings (SSSR count). The van der Waals surface area contributed by atoms with Crippen molar-refractivity contribution in [1.29, 1.82) is 0 Å². The van der Waals surface area contributed by atoms with Gasteiger partial charge in [0.05, 0.1) is 27.9 Å². The summed E-state index contributed by atoms with van der Waals surface area (Å²) in [5.41, 5.74) is 9.31. The molecule has 0 amide bonds. The van der Waals surface area contributed by atoms with Crippen LogP contribution in [0.1, 0.15) is 0 Å². The second-order valence-electron chi connectivity index (χ2n) is 8.95. The molecule has 0 fully saturated rings. The van der Waals surface area contributed by atoms with E-state index in [1.807, 2.05) is 30.5 Å². The van der Waals surface area contributed by atoms with E-state index in [4.69, 9.17) is 9.97 Å². The number of aromatic nitrogens is 3. The third kappa shape index (κ3) is 3.58. The predicted octanol–water partition coefficient (Wildman–Crippen LogP) is 8.33. The Kier molecular flexibility index (Phi) is 4.78. The highest BCUT2D eigenvalue weighted by Gasteiger charge is 2.09. The number of hydrogen-bond donors (Lipinski definition) is 0. The van der Waals surface area contributed by atoms with Gasteiger partial charge < -0.3 is 0 Å². The van der Waals surface area contributed by atoms with Crippen molar-refractivity contribution < 1.29 is 0 Å². The van der Waals surface area contributed by atoms with Crippen molar-refractivity contribution in [1.82, 2.24) is 15.0 Å². The van der Waals surface area contributed by atoms with Crippen molar-refractivity contribution in [3.05, 3.63) is 128 Å². The average molecular weight is 460 g/mol.